The van der Waals surface area contributed by atoms with Gasteiger partial charge in [-0.3, -0.25) is 4.79 Å². The molecule has 14 heavy (non-hydrogen) atoms. The maximum atomic E-state index is 11.8. The van der Waals surface area contributed by atoms with E-state index in [2.05, 4.69) is 24.5 Å². The Labute approximate surface area is 85.6 Å². The maximum Gasteiger partial charge on any atom is 0.224 e. The van der Waals surface area contributed by atoms with Gasteiger partial charge in [-0.15, -0.1) is 0 Å². The van der Waals surface area contributed by atoms with Crippen LogP contribution in [0.25, 0.3) is 0 Å². The summed E-state index contributed by atoms with van der Waals surface area (Å²) in [5.41, 5.74) is 0. The summed E-state index contributed by atoms with van der Waals surface area (Å²) in [5.74, 6) is 1.76. The van der Waals surface area contributed by atoms with Crippen LogP contribution < -0.4 is 10.6 Å². The lowest BCUT2D eigenvalue weighted by atomic mass is 9.81. The SMILES string of the molecule is CC1CC(NC(=O)[C@@H]2CNC[C@H]2C)C1. The van der Waals surface area contributed by atoms with Crippen molar-refractivity contribution in [3.63, 3.8) is 0 Å². The first-order chi connectivity index (χ1) is 6.66. The van der Waals surface area contributed by atoms with Gasteiger partial charge in [-0.1, -0.05) is 13.8 Å². The van der Waals surface area contributed by atoms with Crippen LogP contribution in [0.2, 0.25) is 0 Å². The Morgan fingerprint density at radius 2 is 2.00 bits per heavy atom. The number of carbonyl (C=O) groups is 1. The van der Waals surface area contributed by atoms with Gasteiger partial charge in [0.15, 0.2) is 0 Å². The molecule has 1 saturated heterocycles. The second-order valence-electron chi connectivity index (χ2n) is 5.02. The molecule has 3 nitrogen and oxygen atoms in total. The van der Waals surface area contributed by atoms with Crippen molar-refractivity contribution in [3.05, 3.63) is 0 Å². The Balaban J connectivity index is 1.78. The molecule has 1 amide bonds. The Hall–Kier alpha value is -0.570. The van der Waals surface area contributed by atoms with Crippen LogP contribution in [0.1, 0.15) is 26.7 Å². The molecule has 2 N–H and O–H groups in total. The lowest BCUT2D eigenvalue weighted by molar-refractivity contribution is -0.126. The number of hydrogen-bond donors (Lipinski definition) is 2. The highest BCUT2D eigenvalue weighted by Gasteiger charge is 2.33. The molecule has 0 radical (unpaired) electrons. The highest BCUT2D eigenvalue weighted by atomic mass is 16.2. The monoisotopic (exact) mass is 196 g/mol. The normalized spacial score (nSPS) is 41.9. The molecule has 2 atom stereocenters. The van der Waals surface area contributed by atoms with E-state index in [9.17, 15) is 4.79 Å². The van der Waals surface area contributed by atoms with E-state index in [1.165, 1.54) is 12.8 Å². The van der Waals surface area contributed by atoms with Gasteiger partial charge in [-0.05, 0) is 31.2 Å². The number of hydrogen-bond acceptors (Lipinski definition) is 2. The molecule has 1 saturated carbocycles. The quantitative estimate of drug-likeness (QED) is 0.684. The van der Waals surface area contributed by atoms with Crippen molar-refractivity contribution in [2.75, 3.05) is 13.1 Å². The molecule has 2 rings (SSSR count). The van der Waals surface area contributed by atoms with E-state index >= 15 is 0 Å². The van der Waals surface area contributed by atoms with Crippen LogP contribution in [0.4, 0.5) is 0 Å². The maximum absolute atomic E-state index is 11.8. The van der Waals surface area contributed by atoms with Gasteiger partial charge in [0.25, 0.3) is 0 Å². The molecule has 0 bridgehead atoms. The van der Waals surface area contributed by atoms with Crippen LogP contribution in [-0.4, -0.2) is 25.0 Å². The lowest BCUT2D eigenvalue weighted by Crippen LogP contribution is -2.46. The van der Waals surface area contributed by atoms with Gasteiger partial charge >= 0.3 is 0 Å². The Kier molecular flexibility index (Phi) is 2.77. The van der Waals surface area contributed by atoms with E-state index in [-0.39, 0.29) is 11.8 Å². The molecule has 1 heterocycles. The number of nitrogens with one attached hydrogen (secondary N) is 2. The molecule has 0 aromatic rings. The summed E-state index contributed by atoms with van der Waals surface area (Å²) in [6.07, 6.45) is 2.33. The van der Waals surface area contributed by atoms with Gasteiger partial charge in [0, 0.05) is 12.6 Å². The van der Waals surface area contributed by atoms with Gasteiger partial charge in [0.05, 0.1) is 5.92 Å². The fraction of sp³-hybridized carbons (Fsp3) is 0.909. The van der Waals surface area contributed by atoms with Crippen LogP contribution in [0.15, 0.2) is 0 Å². The fourth-order valence-corrected chi connectivity index (χ4v) is 2.49. The first-order valence-corrected chi connectivity index (χ1v) is 5.68. The zero-order valence-corrected chi connectivity index (χ0v) is 9.05. The third-order valence-electron chi connectivity index (χ3n) is 3.57. The predicted octanol–water partition coefficient (Wildman–Crippen LogP) is 0.757. The van der Waals surface area contributed by atoms with E-state index < -0.39 is 0 Å². The van der Waals surface area contributed by atoms with Crippen molar-refractivity contribution >= 4 is 5.91 Å². The van der Waals surface area contributed by atoms with Crippen LogP contribution in [-0.2, 0) is 4.79 Å². The fourth-order valence-electron chi connectivity index (χ4n) is 2.49. The first-order valence-electron chi connectivity index (χ1n) is 5.68. The van der Waals surface area contributed by atoms with Crippen molar-refractivity contribution in [2.45, 2.75) is 32.7 Å². The average molecular weight is 196 g/mol. The Bertz CT molecular complexity index is 223. The minimum absolute atomic E-state index is 0.200. The number of rotatable bonds is 2. The molecule has 0 aromatic carbocycles. The Morgan fingerprint density at radius 3 is 2.50 bits per heavy atom. The molecule has 1 aliphatic heterocycles. The van der Waals surface area contributed by atoms with Crippen molar-refractivity contribution < 1.29 is 4.79 Å². The van der Waals surface area contributed by atoms with E-state index in [0.29, 0.717) is 12.0 Å². The van der Waals surface area contributed by atoms with Crippen molar-refractivity contribution in [1.29, 1.82) is 0 Å². The molecule has 0 unspecified atom stereocenters. The second-order valence-corrected chi connectivity index (χ2v) is 5.02. The molecule has 0 aromatic heterocycles. The van der Waals surface area contributed by atoms with Crippen molar-refractivity contribution in [2.24, 2.45) is 17.8 Å². The highest BCUT2D eigenvalue weighted by molar-refractivity contribution is 5.80. The summed E-state index contributed by atoms with van der Waals surface area (Å²) in [5, 5.41) is 6.40. The molecule has 80 valence electrons. The molecule has 2 fully saturated rings. The summed E-state index contributed by atoms with van der Waals surface area (Å²) >= 11 is 0. The van der Waals surface area contributed by atoms with Crippen LogP contribution in [0.5, 0.6) is 0 Å². The van der Waals surface area contributed by atoms with Crippen LogP contribution >= 0.6 is 0 Å². The Morgan fingerprint density at radius 1 is 1.29 bits per heavy atom. The van der Waals surface area contributed by atoms with Crippen molar-refractivity contribution in [3.8, 4) is 0 Å². The number of carbonyl (C=O) groups excluding carboxylic acids is 1. The third-order valence-corrected chi connectivity index (χ3v) is 3.57. The largest absolute Gasteiger partial charge is 0.353 e. The van der Waals surface area contributed by atoms with Gasteiger partial charge in [-0.2, -0.15) is 0 Å². The minimum Gasteiger partial charge on any atom is -0.353 e. The minimum atomic E-state index is 0.200. The van der Waals surface area contributed by atoms with Gasteiger partial charge < -0.3 is 10.6 Å². The molecular formula is C11H20N2O. The molecule has 0 spiro atoms. The topological polar surface area (TPSA) is 41.1 Å². The highest BCUT2D eigenvalue weighted by Crippen LogP contribution is 2.27. The van der Waals surface area contributed by atoms with E-state index in [1.807, 2.05) is 0 Å². The molecule has 1 aliphatic carbocycles. The van der Waals surface area contributed by atoms with E-state index in [4.69, 9.17) is 0 Å². The zero-order chi connectivity index (χ0) is 10.1. The zero-order valence-electron chi connectivity index (χ0n) is 9.05. The summed E-state index contributed by atoms with van der Waals surface area (Å²) in [6.45, 7) is 6.23. The van der Waals surface area contributed by atoms with Crippen molar-refractivity contribution in [1.82, 2.24) is 10.6 Å². The second kappa shape index (κ2) is 3.89. The summed E-state index contributed by atoms with van der Waals surface area (Å²) in [4.78, 5) is 11.8. The van der Waals surface area contributed by atoms with Crippen LogP contribution in [0.3, 0.4) is 0 Å². The standard InChI is InChI=1S/C11H20N2O/c1-7-3-9(4-7)13-11(14)10-6-12-5-8(10)2/h7-10,12H,3-6H2,1-2H3,(H,13,14)/t7?,8-,9?,10-/m1/s1. The smallest absolute Gasteiger partial charge is 0.224 e. The molecule has 3 heteroatoms. The van der Waals surface area contributed by atoms with Gasteiger partial charge in [0.1, 0.15) is 0 Å². The molecule has 2 aliphatic rings. The summed E-state index contributed by atoms with van der Waals surface area (Å²) < 4.78 is 0. The third kappa shape index (κ3) is 1.92. The van der Waals surface area contributed by atoms with Gasteiger partial charge in [0.2, 0.25) is 5.91 Å². The summed E-state index contributed by atoms with van der Waals surface area (Å²) in [7, 11) is 0. The average Bonchev–Trinajstić information content (AvgIpc) is 2.48. The predicted molar refractivity (Wildman–Crippen MR) is 55.9 cm³/mol. The molecular weight excluding hydrogens is 176 g/mol. The summed E-state index contributed by atoms with van der Waals surface area (Å²) in [6, 6.07) is 0.463. The van der Waals surface area contributed by atoms with Gasteiger partial charge in [-0.25, -0.2) is 0 Å². The lowest BCUT2D eigenvalue weighted by Gasteiger charge is -2.34. The van der Waals surface area contributed by atoms with Crippen LogP contribution in [0, 0.1) is 17.8 Å². The number of amides is 1. The van der Waals surface area contributed by atoms with E-state index in [0.717, 1.165) is 19.0 Å². The first kappa shape index (κ1) is 9.97. The van der Waals surface area contributed by atoms with E-state index in [1.54, 1.807) is 0 Å².